The van der Waals surface area contributed by atoms with E-state index in [4.69, 9.17) is 9.47 Å². The van der Waals surface area contributed by atoms with Crippen LogP contribution >= 0.6 is 15.9 Å². The zero-order chi connectivity index (χ0) is 16.2. The average Bonchev–Trinajstić information content (AvgIpc) is 2.30. The summed E-state index contributed by atoms with van der Waals surface area (Å²) in [6.07, 6.45) is -0.279. The van der Waals surface area contributed by atoms with E-state index >= 15 is 0 Å². The molecule has 0 saturated heterocycles. The minimum absolute atomic E-state index is 0.0740. The van der Waals surface area contributed by atoms with Crippen LogP contribution in [0, 0.1) is 0 Å². The Morgan fingerprint density at radius 2 is 1.95 bits per heavy atom. The minimum atomic E-state index is -0.503. The van der Waals surface area contributed by atoms with Gasteiger partial charge < -0.3 is 14.4 Å². The Bertz CT molecular complexity index is 495. The van der Waals surface area contributed by atoms with Crippen molar-refractivity contribution < 1.29 is 14.3 Å². The molecule has 0 aromatic heterocycles. The largest absolute Gasteiger partial charge is 0.491 e. The van der Waals surface area contributed by atoms with Gasteiger partial charge in [0, 0.05) is 17.1 Å². The quantitative estimate of drug-likeness (QED) is 0.789. The molecule has 0 aliphatic carbocycles. The second-order valence-electron chi connectivity index (χ2n) is 6.22. The monoisotopic (exact) mass is 357 g/mol. The molecule has 1 rings (SSSR count). The van der Waals surface area contributed by atoms with Crippen LogP contribution in [0.5, 0.6) is 5.75 Å². The zero-order valence-corrected chi connectivity index (χ0v) is 15.2. The summed E-state index contributed by atoms with van der Waals surface area (Å²) < 4.78 is 12.1. The predicted octanol–water partition coefficient (Wildman–Crippen LogP) is 4.60. The number of rotatable bonds is 4. The molecule has 0 N–H and O–H groups in total. The molecule has 5 heteroatoms. The highest BCUT2D eigenvalue weighted by Crippen LogP contribution is 2.29. The van der Waals surface area contributed by atoms with Crippen molar-refractivity contribution in [2.75, 3.05) is 7.05 Å². The normalized spacial score (nSPS) is 11.4. The third kappa shape index (κ3) is 5.96. The molecule has 1 aromatic carbocycles. The third-order valence-electron chi connectivity index (χ3n) is 2.54. The van der Waals surface area contributed by atoms with Crippen LogP contribution in [0.2, 0.25) is 0 Å². The van der Waals surface area contributed by atoms with Gasteiger partial charge in [-0.1, -0.05) is 22.0 Å². The van der Waals surface area contributed by atoms with Gasteiger partial charge in [0.05, 0.1) is 12.6 Å². The molecule has 118 valence electrons. The highest BCUT2D eigenvalue weighted by molar-refractivity contribution is 9.10. The first-order valence-electron chi connectivity index (χ1n) is 6.98. The van der Waals surface area contributed by atoms with Crippen molar-refractivity contribution in [1.82, 2.24) is 4.90 Å². The SMILES string of the molecule is CC(C)Oc1cccc(Br)c1CN(C)C(=O)OC(C)(C)C. The van der Waals surface area contributed by atoms with Gasteiger partial charge in [-0.3, -0.25) is 0 Å². The lowest BCUT2D eigenvalue weighted by atomic mass is 10.2. The summed E-state index contributed by atoms with van der Waals surface area (Å²) in [6.45, 7) is 9.92. The summed E-state index contributed by atoms with van der Waals surface area (Å²) in [5, 5.41) is 0. The van der Waals surface area contributed by atoms with E-state index < -0.39 is 5.60 Å². The van der Waals surface area contributed by atoms with Crippen LogP contribution in [0.3, 0.4) is 0 Å². The minimum Gasteiger partial charge on any atom is -0.491 e. The fourth-order valence-electron chi connectivity index (χ4n) is 1.70. The molecule has 0 fully saturated rings. The number of amides is 1. The molecule has 0 heterocycles. The van der Waals surface area contributed by atoms with E-state index in [0.717, 1.165) is 15.8 Å². The predicted molar refractivity (Wildman–Crippen MR) is 87.6 cm³/mol. The Balaban J connectivity index is 2.89. The number of ether oxygens (including phenoxy) is 2. The zero-order valence-electron chi connectivity index (χ0n) is 13.6. The maximum absolute atomic E-state index is 12.1. The van der Waals surface area contributed by atoms with Crippen LogP contribution in [0.1, 0.15) is 40.2 Å². The summed E-state index contributed by atoms with van der Waals surface area (Å²) >= 11 is 3.52. The Kier molecular flexibility index (Phi) is 6.08. The Morgan fingerprint density at radius 1 is 1.33 bits per heavy atom. The maximum atomic E-state index is 12.1. The molecule has 0 saturated carbocycles. The number of hydrogen-bond acceptors (Lipinski definition) is 3. The van der Waals surface area contributed by atoms with Crippen molar-refractivity contribution in [3.8, 4) is 5.75 Å². The summed E-state index contributed by atoms with van der Waals surface area (Å²) in [4.78, 5) is 13.6. The van der Waals surface area contributed by atoms with Gasteiger partial charge in [0.15, 0.2) is 0 Å². The van der Waals surface area contributed by atoms with E-state index in [-0.39, 0.29) is 12.2 Å². The molecular formula is C16H24BrNO3. The van der Waals surface area contributed by atoms with E-state index in [1.165, 1.54) is 0 Å². The molecule has 0 radical (unpaired) electrons. The Hall–Kier alpha value is -1.23. The third-order valence-corrected chi connectivity index (χ3v) is 3.28. The highest BCUT2D eigenvalue weighted by atomic mass is 79.9. The van der Waals surface area contributed by atoms with Crippen molar-refractivity contribution in [3.05, 3.63) is 28.2 Å². The first kappa shape index (κ1) is 17.8. The number of carbonyl (C=O) groups excluding carboxylic acids is 1. The Morgan fingerprint density at radius 3 is 2.48 bits per heavy atom. The van der Waals surface area contributed by atoms with Gasteiger partial charge in [0.1, 0.15) is 11.4 Å². The summed E-state index contributed by atoms with van der Waals surface area (Å²) in [5.41, 5.74) is 0.427. The van der Waals surface area contributed by atoms with Crippen LogP contribution in [-0.4, -0.2) is 29.7 Å². The van der Waals surface area contributed by atoms with Crippen LogP contribution in [0.25, 0.3) is 0 Å². The smallest absolute Gasteiger partial charge is 0.410 e. The van der Waals surface area contributed by atoms with Crippen molar-refractivity contribution in [2.24, 2.45) is 0 Å². The first-order valence-corrected chi connectivity index (χ1v) is 7.77. The van der Waals surface area contributed by atoms with E-state index in [2.05, 4.69) is 15.9 Å². The summed E-state index contributed by atoms with van der Waals surface area (Å²) in [7, 11) is 1.71. The maximum Gasteiger partial charge on any atom is 0.410 e. The molecular weight excluding hydrogens is 334 g/mol. The van der Waals surface area contributed by atoms with Crippen LogP contribution in [0.15, 0.2) is 22.7 Å². The summed E-state index contributed by atoms with van der Waals surface area (Å²) in [5.74, 6) is 0.773. The number of halogens is 1. The van der Waals surface area contributed by atoms with Gasteiger partial charge in [0.2, 0.25) is 0 Å². The van der Waals surface area contributed by atoms with Gasteiger partial charge in [-0.2, -0.15) is 0 Å². The topological polar surface area (TPSA) is 38.8 Å². The van der Waals surface area contributed by atoms with Crippen molar-refractivity contribution in [3.63, 3.8) is 0 Å². The van der Waals surface area contributed by atoms with Crippen LogP contribution < -0.4 is 4.74 Å². The fourth-order valence-corrected chi connectivity index (χ4v) is 2.17. The number of benzene rings is 1. The van der Waals surface area contributed by atoms with Gasteiger partial charge in [-0.25, -0.2) is 4.79 Å². The molecule has 1 amide bonds. The van der Waals surface area contributed by atoms with E-state index in [1.54, 1.807) is 11.9 Å². The van der Waals surface area contributed by atoms with E-state index in [0.29, 0.717) is 6.54 Å². The Labute approximate surface area is 135 Å². The molecule has 0 aliphatic heterocycles. The van der Waals surface area contributed by atoms with Crippen LogP contribution in [-0.2, 0) is 11.3 Å². The molecule has 1 aromatic rings. The van der Waals surface area contributed by atoms with Crippen LogP contribution in [0.4, 0.5) is 4.79 Å². The molecule has 0 spiro atoms. The average molecular weight is 358 g/mol. The first-order chi connectivity index (χ1) is 9.60. The lowest BCUT2D eigenvalue weighted by Gasteiger charge is -2.25. The van der Waals surface area contributed by atoms with Gasteiger partial charge in [-0.05, 0) is 46.8 Å². The lowest BCUT2D eigenvalue weighted by molar-refractivity contribution is 0.0283. The molecule has 0 atom stereocenters. The second kappa shape index (κ2) is 7.16. The fraction of sp³-hybridized carbons (Fsp3) is 0.562. The van der Waals surface area contributed by atoms with E-state index in [1.807, 2.05) is 52.8 Å². The lowest BCUT2D eigenvalue weighted by Crippen LogP contribution is -2.34. The number of hydrogen-bond donors (Lipinski definition) is 0. The van der Waals surface area contributed by atoms with Crippen molar-refractivity contribution >= 4 is 22.0 Å². The highest BCUT2D eigenvalue weighted by Gasteiger charge is 2.21. The molecule has 0 aliphatic rings. The van der Waals surface area contributed by atoms with Gasteiger partial charge >= 0.3 is 6.09 Å². The van der Waals surface area contributed by atoms with Gasteiger partial charge in [-0.15, -0.1) is 0 Å². The second-order valence-corrected chi connectivity index (χ2v) is 7.07. The molecule has 21 heavy (non-hydrogen) atoms. The standard InChI is InChI=1S/C16H24BrNO3/c1-11(2)20-14-9-7-8-13(17)12(14)10-18(6)15(19)21-16(3,4)5/h7-9,11H,10H2,1-6H3. The van der Waals surface area contributed by atoms with Crippen molar-refractivity contribution in [1.29, 1.82) is 0 Å². The molecule has 0 bridgehead atoms. The number of carbonyl (C=O) groups is 1. The van der Waals surface area contributed by atoms with Crippen molar-refractivity contribution in [2.45, 2.75) is 52.9 Å². The summed E-state index contributed by atoms with van der Waals surface area (Å²) in [6, 6.07) is 5.76. The molecule has 0 unspecified atom stereocenters. The molecule has 4 nitrogen and oxygen atoms in total. The van der Waals surface area contributed by atoms with Gasteiger partial charge in [0.25, 0.3) is 0 Å². The number of nitrogens with zero attached hydrogens (tertiary/aromatic N) is 1. The van der Waals surface area contributed by atoms with E-state index in [9.17, 15) is 4.79 Å².